The minimum Gasteiger partial charge on any atom is -0.332 e. The lowest BCUT2D eigenvalue weighted by molar-refractivity contribution is -0.117. The summed E-state index contributed by atoms with van der Waals surface area (Å²) < 4.78 is 0. The van der Waals surface area contributed by atoms with Crippen LogP contribution in [0.25, 0.3) is 6.08 Å². The second-order valence-corrected chi connectivity index (χ2v) is 6.22. The normalized spacial score (nSPS) is 10.1. The Morgan fingerprint density at radius 3 is 1.85 bits per heavy atom. The van der Waals surface area contributed by atoms with Gasteiger partial charge in [-0.25, -0.2) is 0 Å². The lowest BCUT2D eigenvalue weighted by Gasteiger charge is -2.11. The topological polar surface area (TPSA) is 82.3 Å². The molecule has 2 aromatic carbocycles. The number of nitrogens with one attached hydrogen (secondary N) is 4. The molecule has 0 atom stereocenters. The number of carbonyl (C=O) groups excluding carboxylic acids is 2. The molecule has 27 heavy (non-hydrogen) atoms. The van der Waals surface area contributed by atoms with Crippen molar-refractivity contribution in [3.8, 4) is 0 Å². The van der Waals surface area contributed by atoms with Crippen LogP contribution in [0.15, 0.2) is 60.7 Å². The van der Waals surface area contributed by atoms with Gasteiger partial charge < -0.3 is 16.0 Å². The highest BCUT2D eigenvalue weighted by Crippen LogP contribution is 2.13. The van der Waals surface area contributed by atoms with E-state index < -0.39 is 0 Å². The van der Waals surface area contributed by atoms with E-state index in [0.717, 1.165) is 5.56 Å². The monoisotopic (exact) mass is 398 g/mol. The number of anilines is 2. The van der Waals surface area contributed by atoms with Crippen LogP contribution in [0.3, 0.4) is 0 Å². The van der Waals surface area contributed by atoms with Crippen LogP contribution in [0.4, 0.5) is 11.4 Å². The van der Waals surface area contributed by atoms with E-state index in [4.69, 9.17) is 24.4 Å². The lowest BCUT2D eigenvalue weighted by atomic mass is 10.2. The van der Waals surface area contributed by atoms with Crippen molar-refractivity contribution in [2.45, 2.75) is 6.92 Å². The van der Waals surface area contributed by atoms with E-state index in [1.54, 1.807) is 30.3 Å². The predicted molar refractivity (Wildman–Crippen MR) is 116 cm³/mol. The highest BCUT2D eigenvalue weighted by molar-refractivity contribution is 7.80. The Morgan fingerprint density at radius 1 is 0.815 bits per heavy atom. The third kappa shape index (κ3) is 7.76. The molecule has 2 amide bonds. The molecule has 0 aliphatic rings. The summed E-state index contributed by atoms with van der Waals surface area (Å²) in [5.74, 6) is -0.566. The molecular formula is C19H18N4O2S2. The fraction of sp³-hybridized carbons (Fsp3) is 0.0526. The molecular weight excluding hydrogens is 380 g/mol. The van der Waals surface area contributed by atoms with E-state index in [0.29, 0.717) is 11.4 Å². The highest BCUT2D eigenvalue weighted by Gasteiger charge is 2.03. The van der Waals surface area contributed by atoms with Gasteiger partial charge >= 0.3 is 0 Å². The summed E-state index contributed by atoms with van der Waals surface area (Å²) in [4.78, 5) is 22.8. The van der Waals surface area contributed by atoms with Gasteiger partial charge in [-0.05, 0) is 60.3 Å². The Labute approximate surface area is 168 Å². The van der Waals surface area contributed by atoms with Crippen molar-refractivity contribution in [2.24, 2.45) is 0 Å². The zero-order chi connectivity index (χ0) is 19.6. The summed E-state index contributed by atoms with van der Waals surface area (Å²) in [7, 11) is 0. The number of thiocarbonyl (C=S) groups is 2. The van der Waals surface area contributed by atoms with Crippen molar-refractivity contribution in [1.82, 2.24) is 10.6 Å². The molecule has 6 nitrogen and oxygen atoms in total. The van der Waals surface area contributed by atoms with Gasteiger partial charge in [-0.3, -0.25) is 14.9 Å². The summed E-state index contributed by atoms with van der Waals surface area (Å²) in [6.45, 7) is 1.38. The van der Waals surface area contributed by atoms with Crippen LogP contribution in [0, 0.1) is 0 Å². The van der Waals surface area contributed by atoms with E-state index in [2.05, 4.69) is 21.3 Å². The molecule has 8 heteroatoms. The number of hydrogen-bond acceptors (Lipinski definition) is 4. The van der Waals surface area contributed by atoms with E-state index in [1.165, 1.54) is 13.0 Å². The van der Waals surface area contributed by atoms with Crippen molar-refractivity contribution in [2.75, 3.05) is 10.6 Å². The zero-order valence-electron chi connectivity index (χ0n) is 14.5. The van der Waals surface area contributed by atoms with E-state index in [-0.39, 0.29) is 22.0 Å². The van der Waals surface area contributed by atoms with Crippen LogP contribution in [-0.4, -0.2) is 22.0 Å². The van der Waals surface area contributed by atoms with Gasteiger partial charge in [0.25, 0.3) is 0 Å². The third-order valence-corrected chi connectivity index (χ3v) is 3.56. The van der Waals surface area contributed by atoms with Crippen molar-refractivity contribution < 1.29 is 9.59 Å². The third-order valence-electron chi connectivity index (χ3n) is 3.15. The maximum absolute atomic E-state index is 11.9. The van der Waals surface area contributed by atoms with E-state index in [9.17, 15) is 9.59 Å². The number of amides is 2. The number of hydrogen-bond donors (Lipinski definition) is 4. The fourth-order valence-electron chi connectivity index (χ4n) is 2.01. The molecule has 0 bridgehead atoms. The van der Waals surface area contributed by atoms with Gasteiger partial charge in [0.1, 0.15) is 0 Å². The van der Waals surface area contributed by atoms with Crippen LogP contribution in [0.1, 0.15) is 12.5 Å². The fourth-order valence-corrected chi connectivity index (χ4v) is 2.49. The summed E-state index contributed by atoms with van der Waals surface area (Å²) in [5.41, 5.74) is 2.33. The maximum Gasteiger partial charge on any atom is 0.250 e. The summed E-state index contributed by atoms with van der Waals surface area (Å²) in [6.07, 6.45) is 3.12. The van der Waals surface area contributed by atoms with Crippen LogP contribution in [0.2, 0.25) is 0 Å². The maximum atomic E-state index is 11.9. The molecule has 0 aliphatic carbocycles. The van der Waals surface area contributed by atoms with Gasteiger partial charge in [0, 0.05) is 24.4 Å². The molecule has 0 saturated heterocycles. The van der Waals surface area contributed by atoms with Crippen molar-refractivity contribution in [3.05, 3.63) is 66.2 Å². The Bertz CT molecular complexity index is 865. The number of benzene rings is 2. The first-order valence-electron chi connectivity index (χ1n) is 7.96. The molecule has 0 aromatic heterocycles. The van der Waals surface area contributed by atoms with Gasteiger partial charge in [0.15, 0.2) is 10.2 Å². The van der Waals surface area contributed by atoms with Crippen LogP contribution in [0.5, 0.6) is 0 Å². The van der Waals surface area contributed by atoms with Gasteiger partial charge in [-0.1, -0.05) is 30.3 Å². The Balaban J connectivity index is 1.83. The second-order valence-electron chi connectivity index (χ2n) is 5.40. The second kappa shape index (κ2) is 10.1. The molecule has 138 valence electrons. The molecule has 4 N–H and O–H groups in total. The van der Waals surface area contributed by atoms with Crippen molar-refractivity contribution in [1.29, 1.82) is 0 Å². The molecule has 2 aromatic rings. The lowest BCUT2D eigenvalue weighted by Crippen LogP contribution is -2.33. The first-order valence-corrected chi connectivity index (χ1v) is 8.78. The van der Waals surface area contributed by atoms with Gasteiger partial charge in [0.2, 0.25) is 11.8 Å². The number of carbonyl (C=O) groups is 2. The Hall–Kier alpha value is -3.10. The zero-order valence-corrected chi connectivity index (χ0v) is 16.1. The molecule has 0 unspecified atom stereocenters. The van der Waals surface area contributed by atoms with Crippen molar-refractivity contribution >= 4 is 63.9 Å². The molecule has 0 saturated carbocycles. The van der Waals surface area contributed by atoms with Crippen LogP contribution < -0.4 is 21.3 Å². The smallest absolute Gasteiger partial charge is 0.250 e. The van der Waals surface area contributed by atoms with Gasteiger partial charge in [0.05, 0.1) is 0 Å². The van der Waals surface area contributed by atoms with Crippen LogP contribution in [-0.2, 0) is 9.59 Å². The summed E-state index contributed by atoms with van der Waals surface area (Å²) >= 11 is 10.1. The first-order chi connectivity index (χ1) is 12.9. The van der Waals surface area contributed by atoms with Gasteiger partial charge in [-0.2, -0.15) is 0 Å². The molecule has 0 aliphatic heterocycles. The average Bonchev–Trinajstić information content (AvgIpc) is 2.62. The minimum absolute atomic E-state index is 0.187. The molecule has 0 radical (unpaired) electrons. The molecule has 0 spiro atoms. The largest absolute Gasteiger partial charge is 0.332 e. The van der Waals surface area contributed by atoms with Crippen molar-refractivity contribution in [3.63, 3.8) is 0 Å². The Morgan fingerprint density at radius 2 is 1.33 bits per heavy atom. The Kier molecular flexibility index (Phi) is 7.60. The summed E-state index contributed by atoms with van der Waals surface area (Å²) in [6, 6.07) is 16.5. The minimum atomic E-state index is -0.324. The predicted octanol–water partition coefficient (Wildman–Crippen LogP) is 3.05. The average molecular weight is 399 g/mol. The summed E-state index contributed by atoms with van der Waals surface area (Å²) in [5, 5.41) is 11.3. The van der Waals surface area contributed by atoms with Gasteiger partial charge in [-0.15, -0.1) is 0 Å². The first kappa shape index (κ1) is 20.2. The molecule has 0 fully saturated rings. The SMILES string of the molecule is CC(=O)NC(=S)Nc1ccc(NC(=S)NC(=O)/C=C/c2ccccc2)cc1. The number of rotatable bonds is 4. The quantitative estimate of drug-likeness (QED) is 0.468. The van der Waals surface area contributed by atoms with E-state index >= 15 is 0 Å². The van der Waals surface area contributed by atoms with E-state index in [1.807, 2.05) is 30.3 Å². The standard InChI is InChI=1S/C19H18N4O2S2/c1-13(24)20-18(26)21-15-8-10-16(11-9-15)22-19(27)23-17(25)12-7-14-5-3-2-4-6-14/h2-12H,1H3,(H2,20,21,24,26)(H2,22,23,25,27)/b12-7+. The van der Waals surface area contributed by atoms with Crippen LogP contribution >= 0.6 is 24.4 Å². The molecule has 0 heterocycles. The highest BCUT2D eigenvalue weighted by atomic mass is 32.1. The molecule has 2 rings (SSSR count).